The minimum absolute atomic E-state index is 0.138. The summed E-state index contributed by atoms with van der Waals surface area (Å²) in [6.45, 7) is 12.0. The second kappa shape index (κ2) is 7.25. The number of hydrogen-bond donors (Lipinski definition) is 3. The van der Waals surface area contributed by atoms with Crippen molar-refractivity contribution in [2.75, 3.05) is 11.9 Å². The fourth-order valence-corrected chi connectivity index (χ4v) is 2.83. The van der Waals surface area contributed by atoms with Crippen LogP contribution in [0.5, 0.6) is 0 Å². The SMILES string of the molecule is Cc1cc(SC(C)(C)C)ccc1NC(=O)NCC(C)(C)C(N)=O. The molecular formula is C17H27N3O2S. The molecule has 0 aliphatic heterocycles. The minimum atomic E-state index is -0.778. The van der Waals surface area contributed by atoms with Crippen molar-refractivity contribution in [1.82, 2.24) is 5.32 Å². The van der Waals surface area contributed by atoms with Gasteiger partial charge < -0.3 is 16.4 Å². The Morgan fingerprint density at radius 3 is 2.26 bits per heavy atom. The van der Waals surface area contributed by atoms with E-state index < -0.39 is 11.3 Å². The Labute approximate surface area is 142 Å². The summed E-state index contributed by atoms with van der Waals surface area (Å²) in [5, 5.41) is 5.48. The molecular weight excluding hydrogens is 310 g/mol. The highest BCUT2D eigenvalue weighted by molar-refractivity contribution is 8.00. The maximum absolute atomic E-state index is 12.0. The molecule has 1 aromatic carbocycles. The molecule has 0 fully saturated rings. The van der Waals surface area contributed by atoms with Crippen LogP contribution in [0.25, 0.3) is 0 Å². The van der Waals surface area contributed by atoms with Crippen LogP contribution >= 0.6 is 11.8 Å². The Balaban J connectivity index is 2.67. The van der Waals surface area contributed by atoms with Crippen LogP contribution in [0, 0.1) is 12.3 Å². The number of thioether (sulfide) groups is 1. The van der Waals surface area contributed by atoms with Crippen LogP contribution in [0.2, 0.25) is 0 Å². The first-order chi connectivity index (χ1) is 10.4. The standard InChI is InChI=1S/C17H27N3O2S/c1-11-9-12(23-16(2,3)4)7-8-13(11)20-15(22)19-10-17(5,6)14(18)21/h7-9H,10H2,1-6H3,(H2,18,21)(H2,19,20,22). The van der Waals surface area contributed by atoms with Gasteiger partial charge in [0.2, 0.25) is 5.91 Å². The molecule has 4 N–H and O–H groups in total. The number of anilines is 1. The minimum Gasteiger partial charge on any atom is -0.369 e. The fourth-order valence-electron chi connectivity index (χ4n) is 1.75. The fraction of sp³-hybridized carbons (Fsp3) is 0.529. The van der Waals surface area contributed by atoms with E-state index in [2.05, 4.69) is 37.5 Å². The topological polar surface area (TPSA) is 84.2 Å². The van der Waals surface area contributed by atoms with Crippen LogP contribution in [0.15, 0.2) is 23.1 Å². The van der Waals surface area contributed by atoms with E-state index in [9.17, 15) is 9.59 Å². The molecule has 5 nitrogen and oxygen atoms in total. The molecule has 0 saturated carbocycles. The Morgan fingerprint density at radius 1 is 1.17 bits per heavy atom. The Kier molecular flexibility index (Phi) is 6.11. The number of carbonyl (C=O) groups is 2. The second-order valence-electron chi connectivity index (χ2n) is 7.25. The highest BCUT2D eigenvalue weighted by Crippen LogP contribution is 2.33. The molecule has 0 unspecified atom stereocenters. The largest absolute Gasteiger partial charge is 0.369 e. The van der Waals surface area contributed by atoms with Crippen molar-refractivity contribution in [3.63, 3.8) is 0 Å². The molecule has 0 aromatic heterocycles. The lowest BCUT2D eigenvalue weighted by Crippen LogP contribution is -2.43. The van der Waals surface area contributed by atoms with E-state index >= 15 is 0 Å². The summed E-state index contributed by atoms with van der Waals surface area (Å²) in [6.07, 6.45) is 0. The number of carbonyl (C=O) groups excluding carboxylic acids is 2. The number of benzene rings is 1. The van der Waals surface area contributed by atoms with Crippen LogP contribution in [0.1, 0.15) is 40.2 Å². The van der Waals surface area contributed by atoms with Gasteiger partial charge in [0.05, 0.1) is 5.41 Å². The molecule has 23 heavy (non-hydrogen) atoms. The van der Waals surface area contributed by atoms with Gasteiger partial charge in [-0.05, 0) is 44.5 Å². The normalized spacial score (nSPS) is 11.9. The van der Waals surface area contributed by atoms with E-state index in [1.165, 1.54) is 0 Å². The first kappa shape index (κ1) is 19.4. The van der Waals surface area contributed by atoms with Crippen molar-refractivity contribution < 1.29 is 9.59 Å². The number of nitrogens with one attached hydrogen (secondary N) is 2. The first-order valence-corrected chi connectivity index (χ1v) is 8.37. The van der Waals surface area contributed by atoms with Gasteiger partial charge in [0, 0.05) is 21.9 Å². The van der Waals surface area contributed by atoms with Crippen LogP contribution < -0.4 is 16.4 Å². The van der Waals surface area contributed by atoms with E-state index in [-0.39, 0.29) is 17.3 Å². The van der Waals surface area contributed by atoms with Gasteiger partial charge in [0.15, 0.2) is 0 Å². The van der Waals surface area contributed by atoms with Gasteiger partial charge in [-0.2, -0.15) is 0 Å². The van der Waals surface area contributed by atoms with Crippen molar-refractivity contribution in [1.29, 1.82) is 0 Å². The maximum atomic E-state index is 12.0. The summed E-state index contributed by atoms with van der Waals surface area (Å²) >= 11 is 1.78. The summed E-state index contributed by atoms with van der Waals surface area (Å²) in [5.41, 5.74) is 6.25. The molecule has 0 heterocycles. The van der Waals surface area contributed by atoms with Crippen LogP contribution in [-0.4, -0.2) is 23.2 Å². The van der Waals surface area contributed by atoms with Crippen molar-refractivity contribution in [3.05, 3.63) is 23.8 Å². The van der Waals surface area contributed by atoms with E-state index in [1.54, 1.807) is 25.6 Å². The van der Waals surface area contributed by atoms with Crippen LogP contribution in [-0.2, 0) is 4.79 Å². The van der Waals surface area contributed by atoms with Crippen molar-refractivity contribution >= 4 is 29.4 Å². The second-order valence-corrected chi connectivity index (χ2v) is 9.15. The number of rotatable bonds is 5. The van der Waals surface area contributed by atoms with Gasteiger partial charge in [-0.25, -0.2) is 4.79 Å². The number of aryl methyl sites for hydroxylation is 1. The summed E-state index contributed by atoms with van der Waals surface area (Å²) in [7, 11) is 0. The highest BCUT2D eigenvalue weighted by Gasteiger charge is 2.25. The summed E-state index contributed by atoms with van der Waals surface area (Å²) in [6, 6.07) is 5.59. The van der Waals surface area contributed by atoms with Crippen LogP contribution in [0.4, 0.5) is 10.5 Å². The lowest BCUT2D eigenvalue weighted by Gasteiger charge is -2.21. The molecule has 128 valence electrons. The predicted octanol–water partition coefficient (Wildman–Crippen LogP) is 3.52. The zero-order chi connectivity index (χ0) is 17.8. The molecule has 0 aliphatic rings. The van der Waals surface area contributed by atoms with Crippen molar-refractivity contribution in [2.24, 2.45) is 11.1 Å². The molecule has 0 spiro atoms. The number of urea groups is 1. The van der Waals surface area contributed by atoms with E-state index in [1.807, 2.05) is 19.1 Å². The summed E-state index contributed by atoms with van der Waals surface area (Å²) in [5.74, 6) is -0.447. The van der Waals surface area contributed by atoms with Gasteiger partial charge in [-0.1, -0.05) is 20.8 Å². The lowest BCUT2D eigenvalue weighted by atomic mass is 9.93. The van der Waals surface area contributed by atoms with Crippen molar-refractivity contribution in [2.45, 2.75) is 51.2 Å². The molecule has 1 aromatic rings. The van der Waals surface area contributed by atoms with Gasteiger partial charge in [0.25, 0.3) is 0 Å². The first-order valence-electron chi connectivity index (χ1n) is 7.55. The Hall–Kier alpha value is -1.69. The third-order valence-electron chi connectivity index (χ3n) is 3.23. The zero-order valence-corrected chi connectivity index (χ0v) is 15.6. The van der Waals surface area contributed by atoms with Gasteiger partial charge in [-0.15, -0.1) is 11.8 Å². The highest BCUT2D eigenvalue weighted by atomic mass is 32.2. The lowest BCUT2D eigenvalue weighted by molar-refractivity contribution is -0.125. The summed E-state index contributed by atoms with van der Waals surface area (Å²) < 4.78 is 0.138. The number of nitrogens with two attached hydrogens (primary N) is 1. The summed E-state index contributed by atoms with van der Waals surface area (Å²) in [4.78, 5) is 24.4. The van der Waals surface area contributed by atoms with E-state index in [0.29, 0.717) is 0 Å². The van der Waals surface area contributed by atoms with E-state index in [4.69, 9.17) is 5.73 Å². The number of hydrogen-bond acceptors (Lipinski definition) is 3. The third kappa shape index (κ3) is 6.52. The van der Waals surface area contributed by atoms with Gasteiger partial charge >= 0.3 is 6.03 Å². The van der Waals surface area contributed by atoms with Gasteiger partial charge in [0.1, 0.15) is 0 Å². The maximum Gasteiger partial charge on any atom is 0.319 e. The Morgan fingerprint density at radius 2 is 1.78 bits per heavy atom. The van der Waals surface area contributed by atoms with E-state index in [0.717, 1.165) is 16.1 Å². The Bertz CT molecular complexity index is 592. The average Bonchev–Trinajstić information content (AvgIpc) is 2.38. The number of primary amides is 1. The molecule has 0 saturated heterocycles. The molecule has 3 amide bonds. The third-order valence-corrected chi connectivity index (χ3v) is 4.33. The van der Waals surface area contributed by atoms with Crippen LogP contribution in [0.3, 0.4) is 0 Å². The quantitative estimate of drug-likeness (QED) is 0.719. The van der Waals surface area contributed by atoms with Gasteiger partial charge in [-0.3, -0.25) is 4.79 Å². The molecule has 0 bridgehead atoms. The molecule has 1 rings (SSSR count). The monoisotopic (exact) mass is 337 g/mol. The zero-order valence-electron chi connectivity index (χ0n) is 14.7. The van der Waals surface area contributed by atoms with Crippen molar-refractivity contribution in [3.8, 4) is 0 Å². The molecule has 0 aliphatic carbocycles. The molecule has 6 heteroatoms. The predicted molar refractivity (Wildman–Crippen MR) is 96.8 cm³/mol. The number of amides is 3. The smallest absolute Gasteiger partial charge is 0.319 e. The molecule has 0 atom stereocenters. The molecule has 0 radical (unpaired) electrons. The average molecular weight is 337 g/mol.